The topological polar surface area (TPSA) is 55.2 Å². The summed E-state index contributed by atoms with van der Waals surface area (Å²) in [5, 5.41) is 5.54. The Morgan fingerprint density at radius 1 is 0.871 bits per heavy atom. The average Bonchev–Trinajstić information content (AvgIpc) is 3.21. The number of hydrogen-bond acceptors (Lipinski definition) is 4. The largest absolute Gasteiger partial charge is 0.297 e. The second-order valence-electron chi connectivity index (χ2n) is 8.10. The van der Waals surface area contributed by atoms with Crippen molar-refractivity contribution in [2.45, 2.75) is 35.3 Å². The van der Waals surface area contributed by atoms with Gasteiger partial charge in [-0.2, -0.15) is 5.10 Å². The fraction of sp³-hybridized carbons (Fsp3) is 0.240. The smallest absolute Gasteiger partial charge is 0.226 e. The molecule has 2 heterocycles. The predicted octanol–water partition coefficient (Wildman–Crippen LogP) is 4.71. The number of fused-ring (bicyclic) bond motifs is 1. The van der Waals surface area contributed by atoms with Gasteiger partial charge in [0.25, 0.3) is 0 Å². The first-order chi connectivity index (χ1) is 15.1. The fourth-order valence-corrected chi connectivity index (χ4v) is 5.86. The SMILES string of the molecule is O=S(=O)(c1ccccc1)c1nn(C2CCCN(Cc3ccccc3)C2)c2ccccc12. The van der Waals surface area contributed by atoms with E-state index in [4.69, 9.17) is 5.10 Å². The molecule has 1 aromatic heterocycles. The molecule has 0 saturated carbocycles. The minimum Gasteiger partial charge on any atom is -0.297 e. The van der Waals surface area contributed by atoms with E-state index in [-0.39, 0.29) is 16.0 Å². The van der Waals surface area contributed by atoms with Gasteiger partial charge in [-0.1, -0.05) is 60.7 Å². The summed E-state index contributed by atoms with van der Waals surface area (Å²) in [6, 6.07) is 26.8. The Labute approximate surface area is 182 Å². The molecule has 0 radical (unpaired) electrons. The Morgan fingerprint density at radius 2 is 1.55 bits per heavy atom. The van der Waals surface area contributed by atoms with Gasteiger partial charge >= 0.3 is 0 Å². The lowest BCUT2D eigenvalue weighted by Gasteiger charge is -2.33. The van der Waals surface area contributed by atoms with Crippen LogP contribution < -0.4 is 0 Å². The van der Waals surface area contributed by atoms with E-state index in [0.29, 0.717) is 5.39 Å². The van der Waals surface area contributed by atoms with Crippen LogP contribution in [0.4, 0.5) is 0 Å². The highest BCUT2D eigenvalue weighted by Crippen LogP contribution is 2.32. The highest BCUT2D eigenvalue weighted by atomic mass is 32.2. The van der Waals surface area contributed by atoms with Crippen molar-refractivity contribution < 1.29 is 8.42 Å². The molecular weight excluding hydrogens is 406 g/mol. The molecule has 1 atom stereocenters. The van der Waals surface area contributed by atoms with Gasteiger partial charge in [0.1, 0.15) is 0 Å². The predicted molar refractivity (Wildman–Crippen MR) is 122 cm³/mol. The van der Waals surface area contributed by atoms with Gasteiger partial charge in [-0.15, -0.1) is 0 Å². The van der Waals surface area contributed by atoms with Crippen molar-refractivity contribution in [2.24, 2.45) is 0 Å². The van der Waals surface area contributed by atoms with Crippen LogP contribution in [0, 0.1) is 0 Å². The maximum Gasteiger partial charge on any atom is 0.226 e. The quantitative estimate of drug-likeness (QED) is 0.459. The van der Waals surface area contributed by atoms with Gasteiger partial charge in [-0.25, -0.2) is 8.42 Å². The van der Waals surface area contributed by atoms with Gasteiger partial charge in [0.15, 0.2) is 5.03 Å². The molecule has 5 nitrogen and oxygen atoms in total. The summed E-state index contributed by atoms with van der Waals surface area (Å²) in [4.78, 5) is 2.71. The van der Waals surface area contributed by atoms with E-state index in [0.717, 1.165) is 38.0 Å². The Kier molecular flexibility index (Phi) is 5.34. The van der Waals surface area contributed by atoms with Gasteiger partial charge < -0.3 is 0 Å². The molecule has 1 fully saturated rings. The van der Waals surface area contributed by atoms with E-state index in [1.807, 2.05) is 41.1 Å². The zero-order valence-corrected chi connectivity index (χ0v) is 18.1. The number of hydrogen-bond donors (Lipinski definition) is 0. The van der Waals surface area contributed by atoms with Crippen molar-refractivity contribution in [1.82, 2.24) is 14.7 Å². The number of nitrogens with zero attached hydrogens (tertiary/aromatic N) is 3. The second-order valence-corrected chi connectivity index (χ2v) is 9.97. The summed E-state index contributed by atoms with van der Waals surface area (Å²) in [6.07, 6.45) is 2.05. The average molecular weight is 432 g/mol. The maximum atomic E-state index is 13.4. The molecule has 31 heavy (non-hydrogen) atoms. The van der Waals surface area contributed by atoms with Crippen LogP contribution in [-0.2, 0) is 16.4 Å². The lowest BCUT2D eigenvalue weighted by molar-refractivity contribution is 0.165. The molecule has 1 saturated heterocycles. The molecule has 0 N–H and O–H groups in total. The van der Waals surface area contributed by atoms with Crippen molar-refractivity contribution in [1.29, 1.82) is 0 Å². The van der Waals surface area contributed by atoms with Crippen LogP contribution in [0.3, 0.4) is 0 Å². The van der Waals surface area contributed by atoms with E-state index in [1.54, 1.807) is 24.3 Å². The molecule has 1 aliphatic heterocycles. The van der Waals surface area contributed by atoms with Gasteiger partial charge in [0.2, 0.25) is 9.84 Å². The van der Waals surface area contributed by atoms with E-state index < -0.39 is 9.84 Å². The molecule has 0 aliphatic carbocycles. The summed E-state index contributed by atoms with van der Waals surface area (Å²) in [5.74, 6) is 0. The summed E-state index contributed by atoms with van der Waals surface area (Å²) < 4.78 is 28.7. The third kappa shape index (κ3) is 3.89. The molecular formula is C25H25N3O2S. The Balaban J connectivity index is 1.51. The second kappa shape index (κ2) is 8.29. The molecule has 0 bridgehead atoms. The zero-order valence-electron chi connectivity index (χ0n) is 17.3. The fourth-order valence-electron chi connectivity index (χ4n) is 4.46. The van der Waals surface area contributed by atoms with Crippen molar-refractivity contribution in [2.75, 3.05) is 13.1 Å². The van der Waals surface area contributed by atoms with Crippen LogP contribution in [0.2, 0.25) is 0 Å². The molecule has 6 heteroatoms. The third-order valence-corrected chi connectivity index (χ3v) is 7.67. The number of sulfone groups is 1. The highest BCUT2D eigenvalue weighted by Gasteiger charge is 2.29. The minimum atomic E-state index is -3.69. The highest BCUT2D eigenvalue weighted by molar-refractivity contribution is 7.91. The standard InChI is InChI=1S/C25H25N3O2S/c29-31(30,22-13-5-2-6-14-22)25-23-15-7-8-16-24(23)28(26-25)21-12-9-17-27(19-21)18-20-10-3-1-4-11-20/h1-8,10-11,13-16,21H,9,12,17-19H2. The van der Waals surface area contributed by atoms with E-state index >= 15 is 0 Å². The summed E-state index contributed by atoms with van der Waals surface area (Å²) in [5.41, 5.74) is 2.17. The monoisotopic (exact) mass is 431 g/mol. The van der Waals surface area contributed by atoms with Crippen molar-refractivity contribution >= 4 is 20.7 Å². The van der Waals surface area contributed by atoms with Crippen LogP contribution >= 0.6 is 0 Å². The van der Waals surface area contributed by atoms with Crippen molar-refractivity contribution in [3.8, 4) is 0 Å². The normalized spacial score (nSPS) is 17.7. The first-order valence-corrected chi connectivity index (χ1v) is 12.1. The van der Waals surface area contributed by atoms with Gasteiger partial charge in [-0.3, -0.25) is 9.58 Å². The number of benzene rings is 3. The van der Waals surface area contributed by atoms with E-state index in [2.05, 4.69) is 29.2 Å². The van der Waals surface area contributed by atoms with Crippen LogP contribution in [0.1, 0.15) is 24.4 Å². The third-order valence-electron chi connectivity index (χ3n) is 5.96. The van der Waals surface area contributed by atoms with Gasteiger partial charge in [0.05, 0.1) is 16.5 Å². The summed E-state index contributed by atoms with van der Waals surface area (Å²) in [7, 11) is -3.69. The molecule has 0 amide bonds. The Morgan fingerprint density at radius 3 is 2.32 bits per heavy atom. The van der Waals surface area contributed by atoms with Crippen LogP contribution in [0.5, 0.6) is 0 Å². The minimum absolute atomic E-state index is 0.141. The number of aromatic nitrogens is 2. The first-order valence-electron chi connectivity index (χ1n) is 10.7. The zero-order chi connectivity index (χ0) is 21.3. The lowest BCUT2D eigenvalue weighted by atomic mass is 10.0. The van der Waals surface area contributed by atoms with Gasteiger partial charge in [-0.05, 0) is 49.2 Å². The van der Waals surface area contributed by atoms with Crippen molar-refractivity contribution in [3.05, 3.63) is 90.5 Å². The van der Waals surface area contributed by atoms with Crippen molar-refractivity contribution in [3.63, 3.8) is 0 Å². The van der Waals surface area contributed by atoms with E-state index in [1.165, 1.54) is 5.56 Å². The van der Waals surface area contributed by atoms with E-state index in [9.17, 15) is 8.42 Å². The number of rotatable bonds is 5. The molecule has 1 unspecified atom stereocenters. The Hall–Kier alpha value is -2.96. The summed E-state index contributed by atoms with van der Waals surface area (Å²) >= 11 is 0. The molecule has 5 rings (SSSR count). The number of para-hydroxylation sites is 1. The van der Waals surface area contributed by atoms with Crippen LogP contribution in [0.15, 0.2) is 94.9 Å². The molecule has 3 aromatic carbocycles. The van der Waals surface area contributed by atoms with Gasteiger partial charge in [0, 0.05) is 18.5 Å². The molecule has 0 spiro atoms. The molecule has 4 aromatic rings. The number of likely N-dealkylation sites (tertiary alicyclic amines) is 1. The Bertz CT molecular complexity index is 1280. The molecule has 1 aliphatic rings. The maximum absolute atomic E-state index is 13.4. The summed E-state index contributed by atoms with van der Waals surface area (Å²) in [6.45, 7) is 2.79. The van der Waals surface area contributed by atoms with Crippen LogP contribution in [0.25, 0.3) is 10.9 Å². The first kappa shape index (κ1) is 20.0. The molecule has 158 valence electrons. The van der Waals surface area contributed by atoms with Crippen LogP contribution in [-0.4, -0.2) is 36.2 Å². The lowest BCUT2D eigenvalue weighted by Crippen LogP contribution is -2.36. The number of piperidine rings is 1.